The lowest BCUT2D eigenvalue weighted by Crippen LogP contribution is -2.09. The molecule has 0 saturated heterocycles. The molecule has 2 N–H and O–H groups in total. The van der Waals surface area contributed by atoms with Gasteiger partial charge in [0, 0.05) is 22.4 Å². The molecule has 0 aliphatic carbocycles. The van der Waals surface area contributed by atoms with Crippen LogP contribution in [0.3, 0.4) is 0 Å². The molecule has 2 aromatic carbocycles. The number of nitrogens with two attached hydrogens (primary N) is 1. The summed E-state index contributed by atoms with van der Waals surface area (Å²) in [6, 6.07) is 11.0. The van der Waals surface area contributed by atoms with Crippen molar-refractivity contribution in [3.05, 3.63) is 64.5 Å². The van der Waals surface area contributed by atoms with E-state index in [4.69, 9.17) is 5.73 Å². The van der Waals surface area contributed by atoms with Gasteiger partial charge in [-0.2, -0.15) is 5.26 Å². The summed E-state index contributed by atoms with van der Waals surface area (Å²) < 4.78 is 13.0. The number of nitrogen functional groups attached to an aromatic ring is 1. The molecule has 0 amide bonds. The Morgan fingerprint density at radius 2 is 1.95 bits per heavy atom. The van der Waals surface area contributed by atoms with Crippen LogP contribution in [0.1, 0.15) is 32.3 Å². The molecule has 0 fully saturated rings. The largest absolute Gasteiger partial charge is 0.398 e. The minimum Gasteiger partial charge on any atom is -0.398 e. The topological polar surface area (TPSA) is 66.9 Å². The zero-order valence-corrected chi connectivity index (χ0v) is 13.1. The van der Waals surface area contributed by atoms with E-state index in [0.29, 0.717) is 22.4 Å². The summed E-state index contributed by atoms with van der Waals surface area (Å²) in [5, 5.41) is 8.79. The second-order valence-corrected chi connectivity index (χ2v) is 5.84. The van der Waals surface area contributed by atoms with Gasteiger partial charge in [0.05, 0.1) is 6.07 Å². The lowest BCUT2D eigenvalue weighted by Gasteiger charge is -2.15. The summed E-state index contributed by atoms with van der Waals surface area (Å²) in [6.45, 7) is 1.85. The van der Waals surface area contributed by atoms with E-state index in [1.165, 1.54) is 36.0 Å². The Morgan fingerprint density at radius 1 is 1.32 bits per heavy atom. The first-order valence-electron chi connectivity index (χ1n) is 6.60. The Kier molecular flexibility index (Phi) is 4.84. The number of carbonyl (C=O) groups is 1. The number of halogens is 1. The summed E-state index contributed by atoms with van der Waals surface area (Å²) >= 11 is 1.36. The van der Waals surface area contributed by atoms with Gasteiger partial charge in [-0.05, 0) is 49.1 Å². The van der Waals surface area contributed by atoms with Crippen LogP contribution in [0.4, 0.5) is 10.1 Å². The van der Waals surface area contributed by atoms with Crippen LogP contribution in [0, 0.1) is 24.1 Å². The van der Waals surface area contributed by atoms with E-state index >= 15 is 0 Å². The number of ketones is 1. The number of hydrogen-bond donors (Lipinski definition) is 1. The van der Waals surface area contributed by atoms with Crippen molar-refractivity contribution in [2.75, 3.05) is 12.0 Å². The maximum atomic E-state index is 13.0. The maximum absolute atomic E-state index is 13.0. The average Bonchev–Trinajstić information content (AvgIpc) is 2.51. The number of anilines is 1. The Hall–Kier alpha value is -2.32. The number of benzene rings is 2. The molecule has 0 aliphatic rings. The summed E-state index contributed by atoms with van der Waals surface area (Å²) in [5.74, 6) is -0.679. The summed E-state index contributed by atoms with van der Waals surface area (Å²) in [4.78, 5) is 12.6. The van der Waals surface area contributed by atoms with Gasteiger partial charge in [-0.25, -0.2) is 4.39 Å². The van der Waals surface area contributed by atoms with Crippen molar-refractivity contribution >= 4 is 23.2 Å². The molecular formula is C17H15FN2OS. The quantitative estimate of drug-likeness (QED) is 0.687. The summed E-state index contributed by atoms with van der Waals surface area (Å²) in [6.07, 6.45) is 1.82. The number of nitrogens with zero attached hydrogens (tertiary/aromatic N) is 1. The van der Waals surface area contributed by atoms with Crippen molar-refractivity contribution < 1.29 is 9.18 Å². The van der Waals surface area contributed by atoms with Crippen molar-refractivity contribution in [2.24, 2.45) is 0 Å². The number of rotatable bonds is 4. The smallest absolute Gasteiger partial charge is 0.195 e. The molecule has 3 nitrogen and oxygen atoms in total. The van der Waals surface area contributed by atoms with Crippen molar-refractivity contribution in [3.8, 4) is 6.07 Å². The normalized spacial score (nSPS) is 11.7. The SMILES string of the molecule is CSC(C#N)c1cc(C)cc(C(=O)c2ccc(F)cc2)c1N. The van der Waals surface area contributed by atoms with Gasteiger partial charge in [0.2, 0.25) is 0 Å². The molecule has 0 saturated carbocycles. The third kappa shape index (κ3) is 3.12. The molecule has 0 radical (unpaired) electrons. The predicted molar refractivity (Wildman–Crippen MR) is 87.3 cm³/mol. The first-order chi connectivity index (χ1) is 10.5. The lowest BCUT2D eigenvalue weighted by atomic mass is 9.95. The van der Waals surface area contributed by atoms with Crippen LogP contribution in [0.15, 0.2) is 36.4 Å². The van der Waals surface area contributed by atoms with E-state index in [0.717, 1.165) is 5.56 Å². The van der Waals surface area contributed by atoms with Gasteiger partial charge in [0.15, 0.2) is 5.78 Å². The van der Waals surface area contributed by atoms with E-state index in [9.17, 15) is 14.4 Å². The fourth-order valence-corrected chi connectivity index (χ4v) is 2.79. The third-order valence-electron chi connectivity index (χ3n) is 3.34. The highest BCUT2D eigenvalue weighted by molar-refractivity contribution is 7.99. The molecule has 0 heterocycles. The Morgan fingerprint density at radius 3 is 2.50 bits per heavy atom. The first-order valence-corrected chi connectivity index (χ1v) is 7.89. The van der Waals surface area contributed by atoms with Gasteiger partial charge >= 0.3 is 0 Å². The number of thioether (sulfide) groups is 1. The molecule has 1 unspecified atom stereocenters. The van der Waals surface area contributed by atoms with Gasteiger partial charge in [0.1, 0.15) is 11.1 Å². The highest BCUT2D eigenvalue weighted by Gasteiger charge is 2.20. The predicted octanol–water partition coefficient (Wildman–Crippen LogP) is 3.88. The van der Waals surface area contributed by atoms with Crippen molar-refractivity contribution in [3.63, 3.8) is 0 Å². The fourth-order valence-electron chi connectivity index (χ4n) is 2.24. The average molecular weight is 314 g/mol. The van der Waals surface area contributed by atoms with Gasteiger partial charge in [-0.1, -0.05) is 6.07 Å². The van der Waals surface area contributed by atoms with E-state index in [1.54, 1.807) is 6.07 Å². The van der Waals surface area contributed by atoms with E-state index in [1.807, 2.05) is 19.2 Å². The number of aryl methyl sites for hydroxylation is 1. The van der Waals surface area contributed by atoms with E-state index < -0.39 is 11.1 Å². The minimum absolute atomic E-state index is 0.278. The molecule has 2 aromatic rings. The zero-order chi connectivity index (χ0) is 16.3. The second kappa shape index (κ2) is 6.63. The van der Waals surface area contributed by atoms with Gasteiger partial charge in [-0.15, -0.1) is 11.8 Å². The van der Waals surface area contributed by atoms with Crippen LogP contribution < -0.4 is 5.73 Å². The van der Waals surface area contributed by atoms with Crippen LogP contribution >= 0.6 is 11.8 Å². The molecule has 0 spiro atoms. The summed E-state index contributed by atoms with van der Waals surface area (Å²) in [7, 11) is 0. The van der Waals surface area contributed by atoms with Crippen LogP contribution in [-0.2, 0) is 0 Å². The molecule has 22 heavy (non-hydrogen) atoms. The molecule has 1 atom stereocenters. The van der Waals surface area contributed by atoms with Gasteiger partial charge in [-0.3, -0.25) is 4.79 Å². The van der Waals surface area contributed by atoms with Gasteiger partial charge in [0.25, 0.3) is 0 Å². The molecule has 0 bridgehead atoms. The van der Waals surface area contributed by atoms with Crippen LogP contribution in [0.25, 0.3) is 0 Å². The number of carbonyl (C=O) groups excluding carboxylic acids is 1. The number of hydrogen-bond acceptors (Lipinski definition) is 4. The minimum atomic E-state index is -0.431. The van der Waals surface area contributed by atoms with Gasteiger partial charge < -0.3 is 5.73 Å². The zero-order valence-electron chi connectivity index (χ0n) is 12.3. The second-order valence-electron chi connectivity index (χ2n) is 4.90. The third-order valence-corrected chi connectivity index (χ3v) is 4.17. The van der Waals surface area contributed by atoms with E-state index in [-0.39, 0.29) is 5.78 Å². The molecule has 0 aromatic heterocycles. The fraction of sp³-hybridized carbons (Fsp3) is 0.176. The monoisotopic (exact) mass is 314 g/mol. The standard InChI is InChI=1S/C17H15FN2OS/c1-10-7-13(15(9-19)22-2)16(20)14(8-10)17(21)11-3-5-12(18)6-4-11/h3-8,15H,20H2,1-2H3. The van der Waals surface area contributed by atoms with Crippen LogP contribution in [-0.4, -0.2) is 12.0 Å². The highest BCUT2D eigenvalue weighted by Crippen LogP contribution is 2.34. The van der Waals surface area contributed by atoms with Crippen LogP contribution in [0.2, 0.25) is 0 Å². The van der Waals surface area contributed by atoms with Crippen LogP contribution in [0.5, 0.6) is 0 Å². The van der Waals surface area contributed by atoms with Crippen molar-refractivity contribution in [1.29, 1.82) is 5.26 Å². The summed E-state index contributed by atoms with van der Waals surface area (Å²) in [5.41, 5.74) is 8.62. The Labute approximate surface area is 132 Å². The lowest BCUT2D eigenvalue weighted by molar-refractivity contribution is 0.103. The number of nitriles is 1. The Bertz CT molecular complexity index is 750. The maximum Gasteiger partial charge on any atom is 0.195 e. The first kappa shape index (κ1) is 16.1. The molecule has 0 aliphatic heterocycles. The molecular weight excluding hydrogens is 299 g/mol. The Balaban J connectivity index is 2.54. The van der Waals surface area contributed by atoms with Crippen molar-refractivity contribution in [1.82, 2.24) is 0 Å². The van der Waals surface area contributed by atoms with Crippen molar-refractivity contribution in [2.45, 2.75) is 12.2 Å². The van der Waals surface area contributed by atoms with E-state index in [2.05, 4.69) is 6.07 Å². The highest BCUT2D eigenvalue weighted by atomic mass is 32.2. The molecule has 5 heteroatoms. The molecule has 112 valence electrons. The molecule has 2 rings (SSSR count).